The summed E-state index contributed by atoms with van der Waals surface area (Å²) in [6.07, 6.45) is 4.31. The first-order valence-corrected chi connectivity index (χ1v) is 8.38. The SMILES string of the molecule is CCOC(=O)C(C)(N)CCCN1CC2CCCN2CC1C. The van der Waals surface area contributed by atoms with Gasteiger partial charge in [0.15, 0.2) is 0 Å². The first-order chi connectivity index (χ1) is 9.94. The lowest BCUT2D eigenvalue weighted by atomic mass is 9.96. The summed E-state index contributed by atoms with van der Waals surface area (Å²) in [6, 6.07) is 1.35. The van der Waals surface area contributed by atoms with E-state index < -0.39 is 5.54 Å². The van der Waals surface area contributed by atoms with Gasteiger partial charge in [-0.05, 0) is 59.5 Å². The molecule has 0 radical (unpaired) electrons. The van der Waals surface area contributed by atoms with Crippen molar-refractivity contribution < 1.29 is 9.53 Å². The summed E-state index contributed by atoms with van der Waals surface area (Å²) in [5.74, 6) is -0.279. The van der Waals surface area contributed by atoms with Gasteiger partial charge in [0, 0.05) is 25.2 Å². The zero-order valence-electron chi connectivity index (χ0n) is 13.8. The third kappa shape index (κ3) is 4.18. The maximum absolute atomic E-state index is 11.8. The van der Waals surface area contributed by atoms with E-state index in [4.69, 9.17) is 10.5 Å². The number of carbonyl (C=O) groups excluding carboxylic acids is 1. The van der Waals surface area contributed by atoms with Crippen molar-refractivity contribution in [3.8, 4) is 0 Å². The van der Waals surface area contributed by atoms with Crippen LogP contribution in [-0.4, -0.2) is 66.2 Å². The minimum atomic E-state index is -0.853. The molecule has 0 aromatic rings. The zero-order chi connectivity index (χ0) is 15.5. The fourth-order valence-corrected chi connectivity index (χ4v) is 3.61. The monoisotopic (exact) mass is 297 g/mol. The highest BCUT2D eigenvalue weighted by Crippen LogP contribution is 2.25. The highest BCUT2D eigenvalue weighted by molar-refractivity contribution is 5.79. The molecule has 2 rings (SSSR count). The average Bonchev–Trinajstić information content (AvgIpc) is 2.86. The van der Waals surface area contributed by atoms with E-state index in [-0.39, 0.29) is 5.97 Å². The molecule has 2 aliphatic rings. The molecule has 2 fully saturated rings. The molecule has 2 saturated heterocycles. The van der Waals surface area contributed by atoms with Crippen LogP contribution in [0.2, 0.25) is 0 Å². The second-order valence-corrected chi connectivity index (χ2v) is 6.88. The molecular formula is C16H31N3O2. The molecule has 5 heteroatoms. The smallest absolute Gasteiger partial charge is 0.325 e. The average molecular weight is 297 g/mol. The van der Waals surface area contributed by atoms with Crippen LogP contribution in [-0.2, 0) is 9.53 Å². The molecule has 0 spiro atoms. The van der Waals surface area contributed by atoms with E-state index in [1.807, 2.05) is 6.92 Å². The lowest BCUT2D eigenvalue weighted by molar-refractivity contribution is -0.149. The predicted molar refractivity (Wildman–Crippen MR) is 84.1 cm³/mol. The number of esters is 1. The molecule has 0 aromatic carbocycles. The Morgan fingerprint density at radius 1 is 1.43 bits per heavy atom. The summed E-state index contributed by atoms with van der Waals surface area (Å²) in [7, 11) is 0. The normalized spacial score (nSPS) is 29.9. The lowest BCUT2D eigenvalue weighted by Crippen LogP contribution is -2.55. The highest BCUT2D eigenvalue weighted by atomic mass is 16.5. The highest BCUT2D eigenvalue weighted by Gasteiger charge is 2.35. The van der Waals surface area contributed by atoms with Crippen LogP contribution in [0.25, 0.3) is 0 Å². The number of nitrogens with zero attached hydrogens (tertiary/aromatic N) is 2. The lowest BCUT2D eigenvalue weighted by Gasteiger charge is -2.42. The molecule has 2 N–H and O–H groups in total. The molecule has 3 unspecified atom stereocenters. The van der Waals surface area contributed by atoms with Gasteiger partial charge in [-0.2, -0.15) is 0 Å². The van der Waals surface area contributed by atoms with Crippen LogP contribution in [0.5, 0.6) is 0 Å². The fourth-order valence-electron chi connectivity index (χ4n) is 3.61. The third-order valence-corrected chi connectivity index (χ3v) is 4.95. The van der Waals surface area contributed by atoms with E-state index in [2.05, 4.69) is 16.7 Å². The quantitative estimate of drug-likeness (QED) is 0.747. The summed E-state index contributed by atoms with van der Waals surface area (Å²) in [5, 5.41) is 0. The molecule has 0 saturated carbocycles. The van der Waals surface area contributed by atoms with E-state index in [0.717, 1.165) is 19.0 Å². The van der Waals surface area contributed by atoms with Crippen molar-refractivity contribution in [2.24, 2.45) is 5.73 Å². The van der Waals surface area contributed by atoms with Gasteiger partial charge < -0.3 is 10.5 Å². The molecule has 2 heterocycles. The number of ether oxygens (including phenoxy) is 1. The first kappa shape index (κ1) is 16.7. The van der Waals surface area contributed by atoms with Crippen molar-refractivity contribution in [1.29, 1.82) is 0 Å². The van der Waals surface area contributed by atoms with Crippen LogP contribution in [0, 0.1) is 0 Å². The molecule has 21 heavy (non-hydrogen) atoms. The molecule has 0 bridgehead atoms. The Morgan fingerprint density at radius 2 is 2.19 bits per heavy atom. The van der Waals surface area contributed by atoms with Crippen LogP contribution in [0.3, 0.4) is 0 Å². The summed E-state index contributed by atoms with van der Waals surface area (Å²) < 4.78 is 5.04. The summed E-state index contributed by atoms with van der Waals surface area (Å²) in [4.78, 5) is 17.0. The van der Waals surface area contributed by atoms with Crippen molar-refractivity contribution in [1.82, 2.24) is 9.80 Å². The Hall–Kier alpha value is -0.650. The van der Waals surface area contributed by atoms with Gasteiger partial charge in [0.1, 0.15) is 5.54 Å². The van der Waals surface area contributed by atoms with Crippen LogP contribution in [0.1, 0.15) is 46.5 Å². The topological polar surface area (TPSA) is 58.8 Å². The molecule has 3 atom stereocenters. The summed E-state index contributed by atoms with van der Waals surface area (Å²) in [6.45, 7) is 10.9. The van der Waals surface area contributed by atoms with E-state index in [1.165, 1.54) is 32.5 Å². The number of piperazine rings is 1. The predicted octanol–water partition coefficient (Wildman–Crippen LogP) is 1.22. The van der Waals surface area contributed by atoms with Gasteiger partial charge in [-0.15, -0.1) is 0 Å². The molecule has 0 aromatic heterocycles. The Balaban J connectivity index is 1.76. The van der Waals surface area contributed by atoms with Crippen LogP contribution in [0.15, 0.2) is 0 Å². The van der Waals surface area contributed by atoms with Gasteiger partial charge in [0.05, 0.1) is 6.61 Å². The van der Waals surface area contributed by atoms with Crippen molar-refractivity contribution in [3.63, 3.8) is 0 Å². The minimum absolute atomic E-state index is 0.279. The van der Waals surface area contributed by atoms with Gasteiger partial charge in [-0.1, -0.05) is 0 Å². The summed E-state index contributed by atoms with van der Waals surface area (Å²) in [5.41, 5.74) is 5.23. The van der Waals surface area contributed by atoms with Crippen molar-refractivity contribution in [2.45, 2.75) is 64.1 Å². The van der Waals surface area contributed by atoms with Crippen LogP contribution < -0.4 is 5.73 Å². The Morgan fingerprint density at radius 3 is 2.90 bits per heavy atom. The van der Waals surface area contributed by atoms with Crippen molar-refractivity contribution in [2.75, 3.05) is 32.8 Å². The molecule has 0 amide bonds. The Bertz CT molecular complexity index is 359. The number of nitrogens with two attached hydrogens (primary N) is 1. The molecular weight excluding hydrogens is 266 g/mol. The number of hydrogen-bond acceptors (Lipinski definition) is 5. The van der Waals surface area contributed by atoms with Gasteiger partial charge in [0.2, 0.25) is 0 Å². The van der Waals surface area contributed by atoms with Gasteiger partial charge >= 0.3 is 5.97 Å². The molecule has 5 nitrogen and oxygen atoms in total. The molecule has 122 valence electrons. The van der Waals surface area contributed by atoms with Gasteiger partial charge in [-0.3, -0.25) is 14.6 Å². The van der Waals surface area contributed by atoms with Crippen LogP contribution >= 0.6 is 0 Å². The zero-order valence-corrected chi connectivity index (χ0v) is 13.8. The van der Waals surface area contributed by atoms with Gasteiger partial charge in [0.25, 0.3) is 0 Å². The number of rotatable bonds is 6. The second kappa shape index (κ2) is 7.07. The number of fused-ring (bicyclic) bond motifs is 1. The second-order valence-electron chi connectivity index (χ2n) is 6.88. The van der Waals surface area contributed by atoms with Crippen molar-refractivity contribution in [3.05, 3.63) is 0 Å². The third-order valence-electron chi connectivity index (χ3n) is 4.95. The Kier molecular flexibility index (Phi) is 5.63. The largest absolute Gasteiger partial charge is 0.465 e. The number of carbonyl (C=O) groups is 1. The van der Waals surface area contributed by atoms with E-state index in [9.17, 15) is 4.79 Å². The molecule has 0 aliphatic carbocycles. The maximum atomic E-state index is 11.8. The standard InChI is InChI=1S/C16H31N3O2/c1-4-21-15(20)16(3,17)8-6-10-18-12-14-7-5-9-19(14)11-13(18)2/h13-14H,4-12,17H2,1-3H3. The molecule has 2 aliphatic heterocycles. The van der Waals surface area contributed by atoms with Crippen molar-refractivity contribution >= 4 is 5.97 Å². The minimum Gasteiger partial charge on any atom is -0.465 e. The van der Waals surface area contributed by atoms with Crippen LogP contribution in [0.4, 0.5) is 0 Å². The first-order valence-electron chi connectivity index (χ1n) is 8.38. The number of hydrogen-bond donors (Lipinski definition) is 1. The summed E-state index contributed by atoms with van der Waals surface area (Å²) >= 11 is 0. The van der Waals surface area contributed by atoms with Gasteiger partial charge in [-0.25, -0.2) is 0 Å². The van der Waals surface area contributed by atoms with E-state index in [0.29, 0.717) is 19.1 Å². The fraction of sp³-hybridized carbons (Fsp3) is 0.938. The van der Waals surface area contributed by atoms with E-state index in [1.54, 1.807) is 6.92 Å². The Labute approximate surface area is 128 Å². The van der Waals surface area contributed by atoms with E-state index >= 15 is 0 Å². The maximum Gasteiger partial charge on any atom is 0.325 e.